The standard InChI is InChI=1S/C18H18FN7O/c1-10(2)17-22-23-18(27-17)25-7-5-12-15(21-9-20-12)16(25)13-8-14-11(19)4-3-6-26(14)24-13/h3-4,6,8-10,16H,5,7H2,1-2H3,(H,20,21)/t16-/m0/s1. The third kappa shape index (κ3) is 2.49. The lowest BCUT2D eigenvalue weighted by molar-refractivity contribution is 0.446. The summed E-state index contributed by atoms with van der Waals surface area (Å²) in [5.74, 6) is 0.401. The largest absolute Gasteiger partial charge is 0.408 e. The molecule has 5 rings (SSSR count). The number of H-pyrrole nitrogens is 1. The molecule has 1 aliphatic heterocycles. The summed E-state index contributed by atoms with van der Waals surface area (Å²) in [5, 5.41) is 13.0. The van der Waals surface area contributed by atoms with Gasteiger partial charge in [0.1, 0.15) is 17.4 Å². The zero-order valence-electron chi connectivity index (χ0n) is 14.9. The van der Waals surface area contributed by atoms with Gasteiger partial charge in [0.2, 0.25) is 5.89 Å². The van der Waals surface area contributed by atoms with Gasteiger partial charge >= 0.3 is 6.01 Å². The van der Waals surface area contributed by atoms with Crippen molar-refractivity contribution in [2.75, 3.05) is 11.4 Å². The molecule has 1 N–H and O–H groups in total. The minimum absolute atomic E-state index is 0.139. The van der Waals surface area contributed by atoms with Crippen molar-refractivity contribution in [1.29, 1.82) is 0 Å². The normalized spacial score (nSPS) is 17.0. The van der Waals surface area contributed by atoms with Crippen LogP contribution >= 0.6 is 0 Å². The molecule has 9 heteroatoms. The van der Waals surface area contributed by atoms with Crippen LogP contribution < -0.4 is 4.90 Å². The number of halogens is 1. The number of hydrogen-bond acceptors (Lipinski definition) is 6. The van der Waals surface area contributed by atoms with Crippen LogP contribution in [0.25, 0.3) is 5.52 Å². The van der Waals surface area contributed by atoms with Crippen molar-refractivity contribution in [3.63, 3.8) is 0 Å². The van der Waals surface area contributed by atoms with Crippen LogP contribution in [0.5, 0.6) is 0 Å². The molecule has 1 aliphatic rings. The first-order valence-corrected chi connectivity index (χ1v) is 8.88. The van der Waals surface area contributed by atoms with Gasteiger partial charge in [-0.25, -0.2) is 13.9 Å². The third-order valence-corrected chi connectivity index (χ3v) is 4.84. The molecule has 0 unspecified atom stereocenters. The van der Waals surface area contributed by atoms with E-state index in [9.17, 15) is 4.39 Å². The van der Waals surface area contributed by atoms with E-state index in [-0.39, 0.29) is 17.8 Å². The van der Waals surface area contributed by atoms with E-state index in [1.54, 1.807) is 24.7 Å². The van der Waals surface area contributed by atoms with Crippen molar-refractivity contribution in [2.24, 2.45) is 0 Å². The quantitative estimate of drug-likeness (QED) is 0.599. The van der Waals surface area contributed by atoms with E-state index < -0.39 is 0 Å². The molecule has 0 bridgehead atoms. The molecule has 8 nitrogen and oxygen atoms in total. The maximum atomic E-state index is 14.2. The summed E-state index contributed by atoms with van der Waals surface area (Å²) in [6, 6.07) is 4.89. The number of rotatable bonds is 3. The summed E-state index contributed by atoms with van der Waals surface area (Å²) in [4.78, 5) is 9.67. The van der Waals surface area contributed by atoms with E-state index >= 15 is 0 Å². The van der Waals surface area contributed by atoms with Crippen molar-refractivity contribution in [1.82, 2.24) is 29.8 Å². The topological polar surface area (TPSA) is 88.1 Å². The number of fused-ring (bicyclic) bond motifs is 2. The molecule has 0 fully saturated rings. The lowest BCUT2D eigenvalue weighted by Gasteiger charge is -2.32. The van der Waals surface area contributed by atoms with Gasteiger partial charge in [-0.2, -0.15) is 5.10 Å². The lowest BCUT2D eigenvalue weighted by Crippen LogP contribution is -2.36. The number of aromatic amines is 1. The fourth-order valence-corrected chi connectivity index (χ4v) is 3.49. The Balaban J connectivity index is 1.65. The van der Waals surface area contributed by atoms with Crippen LogP contribution in [0, 0.1) is 5.82 Å². The van der Waals surface area contributed by atoms with Gasteiger partial charge in [-0.15, -0.1) is 5.10 Å². The molecule has 0 aliphatic carbocycles. The molecule has 0 spiro atoms. The molecule has 1 atom stereocenters. The molecular formula is C18H18FN7O. The van der Waals surface area contributed by atoms with Crippen LogP contribution in [0.1, 0.15) is 48.8 Å². The van der Waals surface area contributed by atoms with Crippen LogP contribution in [0.15, 0.2) is 35.1 Å². The molecular weight excluding hydrogens is 349 g/mol. The van der Waals surface area contributed by atoms with Crippen molar-refractivity contribution >= 4 is 11.5 Å². The number of hydrogen-bond donors (Lipinski definition) is 1. The summed E-state index contributed by atoms with van der Waals surface area (Å²) < 4.78 is 21.6. The van der Waals surface area contributed by atoms with Gasteiger partial charge in [-0.1, -0.05) is 18.9 Å². The second-order valence-electron chi connectivity index (χ2n) is 6.94. The smallest absolute Gasteiger partial charge is 0.319 e. The Kier molecular flexibility index (Phi) is 3.49. The molecule has 0 amide bonds. The zero-order chi connectivity index (χ0) is 18.5. The SMILES string of the molecule is CC(C)c1nnc(N2CCc3[nH]cnc3[C@@H]2c2cc3c(F)cccn3n2)o1. The average Bonchev–Trinajstić information content (AvgIpc) is 3.39. The van der Waals surface area contributed by atoms with Crippen LogP contribution in [0.3, 0.4) is 0 Å². The number of imidazole rings is 1. The monoisotopic (exact) mass is 367 g/mol. The lowest BCUT2D eigenvalue weighted by atomic mass is 10.0. The van der Waals surface area contributed by atoms with E-state index in [1.165, 1.54) is 10.6 Å². The van der Waals surface area contributed by atoms with Gasteiger partial charge in [0.15, 0.2) is 0 Å². The summed E-state index contributed by atoms with van der Waals surface area (Å²) in [6.07, 6.45) is 4.17. The van der Waals surface area contributed by atoms with Crippen molar-refractivity contribution in [3.05, 3.63) is 59.5 Å². The predicted molar refractivity (Wildman–Crippen MR) is 95.0 cm³/mol. The van der Waals surface area contributed by atoms with Crippen molar-refractivity contribution < 1.29 is 8.81 Å². The Bertz CT molecular complexity index is 1110. The summed E-state index contributed by atoms with van der Waals surface area (Å²) in [5.41, 5.74) is 2.98. The van der Waals surface area contributed by atoms with Crippen LogP contribution in [0.4, 0.5) is 10.4 Å². The number of anilines is 1. The van der Waals surface area contributed by atoms with E-state index in [2.05, 4.69) is 25.3 Å². The molecule has 0 aromatic carbocycles. The summed E-state index contributed by atoms with van der Waals surface area (Å²) in [6.45, 7) is 4.67. The fraction of sp³-hybridized carbons (Fsp3) is 0.333. The Hall–Kier alpha value is -3.23. The number of pyridine rings is 1. The maximum absolute atomic E-state index is 14.2. The van der Waals surface area contributed by atoms with Gasteiger partial charge in [-0.3, -0.25) is 0 Å². The van der Waals surface area contributed by atoms with Crippen LogP contribution in [0.2, 0.25) is 0 Å². The highest BCUT2D eigenvalue weighted by atomic mass is 19.1. The molecule has 0 radical (unpaired) electrons. The highest BCUT2D eigenvalue weighted by Gasteiger charge is 2.36. The van der Waals surface area contributed by atoms with Gasteiger partial charge in [0, 0.05) is 30.8 Å². The molecule has 4 aromatic heterocycles. The van der Waals surface area contributed by atoms with Crippen molar-refractivity contribution in [3.8, 4) is 0 Å². The minimum Gasteiger partial charge on any atom is -0.408 e. The first-order valence-electron chi connectivity index (χ1n) is 8.88. The van der Waals surface area contributed by atoms with E-state index in [1.807, 2.05) is 18.7 Å². The first-order chi connectivity index (χ1) is 13.1. The number of nitrogens with zero attached hydrogens (tertiary/aromatic N) is 6. The molecule has 4 aromatic rings. The summed E-state index contributed by atoms with van der Waals surface area (Å²) >= 11 is 0. The molecule has 138 valence electrons. The van der Waals surface area contributed by atoms with E-state index in [4.69, 9.17) is 4.42 Å². The second kappa shape index (κ2) is 5.90. The number of nitrogens with one attached hydrogen (secondary N) is 1. The van der Waals surface area contributed by atoms with Crippen LogP contribution in [-0.4, -0.2) is 36.3 Å². The maximum Gasteiger partial charge on any atom is 0.319 e. The average molecular weight is 367 g/mol. The molecule has 5 heterocycles. The Morgan fingerprint density at radius 3 is 3.00 bits per heavy atom. The highest BCUT2D eigenvalue weighted by molar-refractivity contribution is 5.52. The van der Waals surface area contributed by atoms with Gasteiger partial charge in [0.25, 0.3) is 0 Å². The zero-order valence-corrected chi connectivity index (χ0v) is 14.9. The highest BCUT2D eigenvalue weighted by Crippen LogP contribution is 2.36. The van der Waals surface area contributed by atoms with Gasteiger partial charge < -0.3 is 14.3 Å². The predicted octanol–water partition coefficient (Wildman–Crippen LogP) is 2.86. The third-order valence-electron chi connectivity index (χ3n) is 4.84. The Morgan fingerprint density at radius 1 is 1.33 bits per heavy atom. The van der Waals surface area contributed by atoms with Crippen molar-refractivity contribution in [2.45, 2.75) is 32.2 Å². The Morgan fingerprint density at radius 2 is 2.22 bits per heavy atom. The molecule has 0 saturated carbocycles. The number of aromatic nitrogens is 6. The fourth-order valence-electron chi connectivity index (χ4n) is 3.49. The molecule has 27 heavy (non-hydrogen) atoms. The van der Waals surface area contributed by atoms with Gasteiger partial charge in [0.05, 0.1) is 17.7 Å². The summed E-state index contributed by atoms with van der Waals surface area (Å²) in [7, 11) is 0. The van der Waals surface area contributed by atoms with Crippen LogP contribution in [-0.2, 0) is 6.42 Å². The van der Waals surface area contributed by atoms with E-state index in [0.29, 0.717) is 29.7 Å². The molecule has 0 saturated heterocycles. The van der Waals surface area contributed by atoms with E-state index in [0.717, 1.165) is 17.8 Å². The van der Waals surface area contributed by atoms with Gasteiger partial charge in [-0.05, 0) is 18.2 Å². The second-order valence-corrected chi connectivity index (χ2v) is 6.94. The first kappa shape index (κ1) is 16.0. The Labute approximate surface area is 154 Å². The minimum atomic E-state index is -0.334.